The van der Waals surface area contributed by atoms with Crippen molar-refractivity contribution in [3.8, 4) is 0 Å². The normalized spacial score (nSPS) is 20.6. The van der Waals surface area contributed by atoms with Gasteiger partial charge in [0.05, 0.1) is 0 Å². The first kappa shape index (κ1) is 5.34. The second-order valence-corrected chi connectivity index (χ2v) is 2.85. The van der Waals surface area contributed by atoms with E-state index in [0.717, 1.165) is 5.75 Å². The van der Waals surface area contributed by atoms with E-state index < -0.39 is 0 Å². The number of hydrogen-bond donors (Lipinski definition) is 0. The maximum Gasteiger partial charge on any atom is 0.127 e. The topological polar surface area (TPSA) is 18.5 Å². The third-order valence-corrected chi connectivity index (χ3v) is 1.85. The first-order valence-electron chi connectivity index (χ1n) is 1.77. The molecule has 0 radical (unpaired) electrons. The summed E-state index contributed by atoms with van der Waals surface area (Å²) in [6.07, 6.45) is 3.43. The summed E-state index contributed by atoms with van der Waals surface area (Å²) in [5.41, 5.74) is 0. The number of rotatable bonds is 0. The molecule has 1 aliphatic rings. The second kappa shape index (κ2) is 3.23. The summed E-state index contributed by atoms with van der Waals surface area (Å²) < 4.78 is 4.49. The molecule has 0 aromatic rings. The number of hydrogen-bond acceptors (Lipinski definition) is 4. The lowest BCUT2D eigenvalue weighted by Gasteiger charge is -1.88. The van der Waals surface area contributed by atoms with Gasteiger partial charge >= 0.3 is 0 Å². The maximum absolute atomic E-state index is 4.49. The highest BCUT2D eigenvalue weighted by Crippen LogP contribution is 2.24. The maximum atomic E-state index is 4.49. The van der Waals surface area contributed by atoms with E-state index >= 15 is 0 Å². The van der Waals surface area contributed by atoms with Crippen LogP contribution in [0.2, 0.25) is 0 Å². The van der Waals surface area contributed by atoms with Crippen molar-refractivity contribution in [1.29, 1.82) is 0 Å². The van der Waals surface area contributed by atoms with Gasteiger partial charge in [0.25, 0.3) is 0 Å². The summed E-state index contributed by atoms with van der Waals surface area (Å²) in [5.74, 6) is 0.949. The van der Waals surface area contributed by atoms with Gasteiger partial charge in [-0.2, -0.15) is 0 Å². The first-order chi connectivity index (χ1) is 3.50. The summed E-state index contributed by atoms with van der Waals surface area (Å²) in [6.45, 7) is 0. The smallest absolute Gasteiger partial charge is 0.127 e. The van der Waals surface area contributed by atoms with Gasteiger partial charge < -0.3 is 4.89 Å². The fourth-order valence-electron chi connectivity index (χ4n) is 0.204. The zero-order chi connectivity index (χ0) is 4.95. The van der Waals surface area contributed by atoms with Gasteiger partial charge in [0.1, 0.15) is 17.3 Å². The van der Waals surface area contributed by atoms with Crippen LogP contribution in [0.25, 0.3) is 0 Å². The molecule has 0 bridgehead atoms. The minimum absolute atomic E-state index is 0.949. The van der Waals surface area contributed by atoms with E-state index in [1.54, 1.807) is 10.8 Å². The fourth-order valence-corrected chi connectivity index (χ4v) is 1.15. The largest absolute Gasteiger partial charge is 0.333 e. The monoisotopic (exact) mass is 136 g/mol. The van der Waals surface area contributed by atoms with Gasteiger partial charge in [0.15, 0.2) is 0 Å². The minimum atomic E-state index is 0.949. The van der Waals surface area contributed by atoms with Crippen molar-refractivity contribution in [1.82, 2.24) is 0 Å². The Hall–Kier alpha value is 0.200. The molecule has 2 nitrogen and oxygen atoms in total. The van der Waals surface area contributed by atoms with E-state index in [-0.39, 0.29) is 0 Å². The Morgan fingerprint density at radius 1 is 1.57 bits per heavy atom. The summed E-state index contributed by atoms with van der Waals surface area (Å²) in [7, 11) is 1.60. The van der Waals surface area contributed by atoms with Crippen molar-refractivity contribution in [2.75, 3.05) is 5.75 Å². The molecule has 0 saturated heterocycles. The third kappa shape index (κ3) is 2.11. The Kier molecular flexibility index (Phi) is 2.47. The average Bonchev–Trinajstić information content (AvgIpc) is 1.90. The van der Waals surface area contributed by atoms with Crippen LogP contribution in [0, 0.1) is 0 Å². The highest BCUT2D eigenvalue weighted by Gasteiger charge is 1.91. The summed E-state index contributed by atoms with van der Waals surface area (Å²) in [4.78, 5) is 4.46. The molecule has 0 fully saturated rings. The van der Waals surface area contributed by atoms with Gasteiger partial charge in [-0.1, -0.05) is 10.8 Å². The van der Waals surface area contributed by atoms with E-state index in [9.17, 15) is 0 Å². The highest BCUT2D eigenvalue weighted by atomic mass is 33.1. The quantitative estimate of drug-likeness (QED) is 0.287. The molecular formula is C3H4O2S2. The van der Waals surface area contributed by atoms with Gasteiger partial charge in [0.2, 0.25) is 0 Å². The first-order valence-corrected chi connectivity index (χ1v) is 4.01. The molecule has 0 atom stereocenters. The predicted octanol–water partition coefficient (Wildman–Crippen LogP) is 1.76. The average molecular weight is 136 g/mol. The van der Waals surface area contributed by atoms with Crippen LogP contribution in [0.3, 0.4) is 0 Å². The zero-order valence-corrected chi connectivity index (χ0v) is 5.13. The van der Waals surface area contributed by atoms with E-state index in [2.05, 4.69) is 9.22 Å². The lowest BCUT2D eigenvalue weighted by molar-refractivity contribution is -0.127. The summed E-state index contributed by atoms with van der Waals surface area (Å²) >= 11 is 1.25. The molecule has 1 aliphatic heterocycles. The van der Waals surface area contributed by atoms with Gasteiger partial charge in [0, 0.05) is 5.75 Å². The van der Waals surface area contributed by atoms with Crippen molar-refractivity contribution in [2.45, 2.75) is 0 Å². The molecule has 0 aromatic heterocycles. The molecule has 1 rings (SSSR count). The van der Waals surface area contributed by atoms with Crippen LogP contribution in [0.1, 0.15) is 0 Å². The fraction of sp³-hybridized carbons (Fsp3) is 0.333. The lowest BCUT2D eigenvalue weighted by atomic mass is 10.7. The van der Waals surface area contributed by atoms with Gasteiger partial charge in [-0.25, -0.2) is 0 Å². The Morgan fingerprint density at radius 2 is 2.57 bits per heavy atom. The van der Waals surface area contributed by atoms with Crippen LogP contribution in [0.5, 0.6) is 0 Å². The molecule has 40 valence electrons. The van der Waals surface area contributed by atoms with Crippen LogP contribution in [-0.2, 0) is 9.22 Å². The molecule has 0 aliphatic carbocycles. The van der Waals surface area contributed by atoms with Crippen molar-refractivity contribution < 1.29 is 9.22 Å². The van der Waals surface area contributed by atoms with Crippen LogP contribution >= 0.6 is 21.9 Å². The van der Waals surface area contributed by atoms with Gasteiger partial charge in [-0.15, -0.1) is 4.33 Å². The Bertz CT molecular complexity index is 65.3. The van der Waals surface area contributed by atoms with Crippen LogP contribution in [0.15, 0.2) is 12.3 Å². The Morgan fingerprint density at radius 3 is 3.57 bits per heavy atom. The van der Waals surface area contributed by atoms with Crippen molar-refractivity contribution in [3.63, 3.8) is 0 Å². The summed E-state index contributed by atoms with van der Waals surface area (Å²) in [5, 5.41) is 0. The van der Waals surface area contributed by atoms with E-state index in [1.165, 1.54) is 17.3 Å². The molecule has 0 N–H and O–H groups in total. The lowest BCUT2D eigenvalue weighted by Crippen LogP contribution is -1.66. The molecule has 0 amide bonds. The van der Waals surface area contributed by atoms with Gasteiger partial charge in [-0.05, 0) is 6.08 Å². The second-order valence-electron chi connectivity index (χ2n) is 0.889. The van der Waals surface area contributed by atoms with Crippen LogP contribution in [0.4, 0.5) is 0 Å². The highest BCUT2D eigenvalue weighted by molar-refractivity contribution is 8.74. The standard InChI is InChI=1S/C3H4O2S2/c1-2-4-5-7-6-3-1/h1-2H,3H2. The van der Waals surface area contributed by atoms with Crippen molar-refractivity contribution in [2.24, 2.45) is 0 Å². The molecule has 0 saturated carbocycles. The zero-order valence-electron chi connectivity index (χ0n) is 3.49. The SMILES string of the molecule is C1=COOSSC1. The molecule has 1 heterocycles. The third-order valence-electron chi connectivity index (χ3n) is 0.431. The van der Waals surface area contributed by atoms with Crippen molar-refractivity contribution in [3.05, 3.63) is 12.3 Å². The van der Waals surface area contributed by atoms with Crippen LogP contribution < -0.4 is 0 Å². The predicted molar refractivity (Wildman–Crippen MR) is 31.4 cm³/mol. The van der Waals surface area contributed by atoms with E-state index in [0.29, 0.717) is 0 Å². The molecule has 4 heteroatoms. The molecule has 0 unspecified atom stereocenters. The molecule has 0 spiro atoms. The minimum Gasteiger partial charge on any atom is -0.333 e. The van der Waals surface area contributed by atoms with Crippen molar-refractivity contribution >= 4 is 21.9 Å². The molecule has 7 heavy (non-hydrogen) atoms. The van der Waals surface area contributed by atoms with Gasteiger partial charge in [-0.3, -0.25) is 0 Å². The molecular weight excluding hydrogens is 132 g/mol. The van der Waals surface area contributed by atoms with E-state index in [4.69, 9.17) is 0 Å². The van der Waals surface area contributed by atoms with Crippen LogP contribution in [-0.4, -0.2) is 5.75 Å². The Balaban J connectivity index is 2.20. The Labute approximate surface area is 49.8 Å². The summed E-state index contributed by atoms with van der Waals surface area (Å²) in [6, 6.07) is 0. The van der Waals surface area contributed by atoms with E-state index in [1.807, 2.05) is 6.08 Å². The molecule has 0 aromatic carbocycles.